The van der Waals surface area contributed by atoms with E-state index in [-0.39, 0.29) is 23.7 Å². The number of carbonyl (C=O) groups is 2. The van der Waals surface area contributed by atoms with Crippen molar-refractivity contribution in [1.82, 2.24) is 9.88 Å². The summed E-state index contributed by atoms with van der Waals surface area (Å²) in [5, 5.41) is 3.06. The molecule has 0 aliphatic heterocycles. The molecule has 5 nitrogen and oxygen atoms in total. The number of rotatable bonds is 6. The first-order valence-electron chi connectivity index (χ1n) is 10.5. The summed E-state index contributed by atoms with van der Waals surface area (Å²) in [4.78, 5) is 31.3. The van der Waals surface area contributed by atoms with Crippen LogP contribution in [0.2, 0.25) is 0 Å². The van der Waals surface area contributed by atoms with Gasteiger partial charge in [0.05, 0.1) is 0 Å². The summed E-state index contributed by atoms with van der Waals surface area (Å²) >= 11 is 0. The summed E-state index contributed by atoms with van der Waals surface area (Å²) in [6.07, 6.45) is 7.49. The van der Waals surface area contributed by atoms with Crippen LogP contribution in [0.1, 0.15) is 42.4 Å². The quantitative estimate of drug-likeness (QED) is 0.802. The van der Waals surface area contributed by atoms with E-state index in [9.17, 15) is 9.59 Å². The molecule has 154 valence electrons. The predicted molar refractivity (Wildman–Crippen MR) is 116 cm³/mol. The molecule has 0 bridgehead atoms. The minimum Gasteiger partial charge on any atom is -0.345 e. The van der Waals surface area contributed by atoms with E-state index in [1.807, 2.05) is 50.1 Å². The summed E-state index contributed by atoms with van der Waals surface area (Å²) in [5.41, 5.74) is 4.33. The van der Waals surface area contributed by atoms with Gasteiger partial charge in [0, 0.05) is 43.5 Å². The fourth-order valence-corrected chi connectivity index (χ4v) is 4.16. The third-order valence-corrected chi connectivity index (χ3v) is 5.80. The number of anilines is 1. The fourth-order valence-electron chi connectivity index (χ4n) is 4.16. The molecule has 1 aliphatic rings. The molecule has 0 unspecified atom stereocenters. The highest BCUT2D eigenvalue weighted by atomic mass is 16.2. The smallest absolute Gasteiger partial charge is 0.227 e. The van der Waals surface area contributed by atoms with Crippen molar-refractivity contribution >= 4 is 17.5 Å². The average Bonchev–Trinajstić information content (AvgIpc) is 2.71. The molecule has 1 fully saturated rings. The molecule has 1 aromatic heterocycles. The largest absolute Gasteiger partial charge is 0.345 e. The van der Waals surface area contributed by atoms with Crippen LogP contribution >= 0.6 is 0 Å². The molecule has 5 heteroatoms. The highest BCUT2D eigenvalue weighted by Gasteiger charge is 2.31. The van der Waals surface area contributed by atoms with E-state index in [1.54, 1.807) is 12.4 Å². The number of carbonyl (C=O) groups excluding carboxylic acids is 2. The second-order valence-electron chi connectivity index (χ2n) is 8.28. The molecule has 0 atom stereocenters. The summed E-state index contributed by atoms with van der Waals surface area (Å²) in [7, 11) is 1.88. The molecular formula is C24H31N3O2. The van der Waals surface area contributed by atoms with E-state index in [0.29, 0.717) is 6.54 Å². The molecule has 1 heterocycles. The number of amides is 2. The third-order valence-electron chi connectivity index (χ3n) is 5.80. The van der Waals surface area contributed by atoms with Gasteiger partial charge in [-0.05, 0) is 86.9 Å². The number of pyridine rings is 1. The van der Waals surface area contributed by atoms with Gasteiger partial charge in [0.2, 0.25) is 11.8 Å². The number of nitrogens with zero attached hydrogens (tertiary/aromatic N) is 2. The van der Waals surface area contributed by atoms with Crippen molar-refractivity contribution in [2.45, 2.75) is 46.0 Å². The summed E-state index contributed by atoms with van der Waals surface area (Å²) in [6.45, 7) is 4.77. The molecule has 1 saturated carbocycles. The van der Waals surface area contributed by atoms with Crippen LogP contribution in [0.3, 0.4) is 0 Å². The average molecular weight is 394 g/mol. The molecule has 29 heavy (non-hydrogen) atoms. The molecule has 1 N–H and O–H groups in total. The van der Waals surface area contributed by atoms with Crippen molar-refractivity contribution in [3.05, 3.63) is 59.4 Å². The van der Waals surface area contributed by atoms with Crippen molar-refractivity contribution in [1.29, 1.82) is 0 Å². The number of aryl methyl sites for hydroxylation is 2. The van der Waals surface area contributed by atoms with Crippen molar-refractivity contribution in [3.8, 4) is 0 Å². The van der Waals surface area contributed by atoms with Crippen LogP contribution in [-0.2, 0) is 16.0 Å². The van der Waals surface area contributed by atoms with Crippen LogP contribution in [0.25, 0.3) is 0 Å². The number of benzene rings is 1. The van der Waals surface area contributed by atoms with Crippen LogP contribution < -0.4 is 5.32 Å². The van der Waals surface area contributed by atoms with E-state index >= 15 is 0 Å². The molecule has 1 aliphatic carbocycles. The molecule has 0 spiro atoms. The topological polar surface area (TPSA) is 62.3 Å². The van der Waals surface area contributed by atoms with Gasteiger partial charge in [0.15, 0.2) is 0 Å². The summed E-state index contributed by atoms with van der Waals surface area (Å²) < 4.78 is 0. The molecule has 2 amide bonds. The monoisotopic (exact) mass is 393 g/mol. The fraction of sp³-hybridized carbons (Fsp3) is 0.458. The van der Waals surface area contributed by atoms with Gasteiger partial charge < -0.3 is 10.2 Å². The van der Waals surface area contributed by atoms with E-state index in [1.165, 1.54) is 5.56 Å². The number of likely N-dealkylation sites (N-methyl/N-ethyl adjacent to an activating group) is 1. The zero-order chi connectivity index (χ0) is 20.8. The highest BCUT2D eigenvalue weighted by molar-refractivity contribution is 5.93. The second-order valence-corrected chi connectivity index (χ2v) is 8.28. The molecule has 1 aromatic carbocycles. The van der Waals surface area contributed by atoms with E-state index < -0.39 is 0 Å². The predicted octanol–water partition coefficient (Wildman–Crippen LogP) is 4.14. The van der Waals surface area contributed by atoms with E-state index in [2.05, 4.69) is 16.4 Å². The van der Waals surface area contributed by atoms with E-state index in [4.69, 9.17) is 0 Å². The second kappa shape index (κ2) is 9.68. The molecular weight excluding hydrogens is 362 g/mol. The molecule has 0 radical (unpaired) electrons. The van der Waals surface area contributed by atoms with Gasteiger partial charge in [-0.25, -0.2) is 0 Å². The van der Waals surface area contributed by atoms with Gasteiger partial charge in [-0.1, -0.05) is 6.07 Å². The Hall–Kier alpha value is -2.69. The van der Waals surface area contributed by atoms with Crippen molar-refractivity contribution in [2.75, 3.05) is 18.9 Å². The van der Waals surface area contributed by atoms with Crippen LogP contribution in [0.5, 0.6) is 0 Å². The highest BCUT2D eigenvalue weighted by Crippen LogP contribution is 2.31. The maximum absolute atomic E-state index is 12.8. The summed E-state index contributed by atoms with van der Waals surface area (Å²) in [5.74, 6) is 0.295. The Morgan fingerprint density at radius 1 is 1.00 bits per heavy atom. The Labute approximate surface area is 173 Å². The number of aromatic nitrogens is 1. The lowest BCUT2D eigenvalue weighted by molar-refractivity contribution is -0.136. The maximum atomic E-state index is 12.8. The Kier molecular flexibility index (Phi) is 7.02. The Balaban J connectivity index is 1.46. The standard InChI is InChI=1S/C24H31N3O2/c1-17-14-18(2)16-22(15-17)26-23(28)20-4-6-21(7-5-20)24(29)27(3)13-10-19-8-11-25-12-9-19/h8-9,11-12,14-16,20-21H,4-7,10,13H2,1-3H3,(H,26,28). The Morgan fingerprint density at radius 3 is 2.21 bits per heavy atom. The molecule has 3 rings (SSSR count). The van der Waals surface area contributed by atoms with Crippen LogP contribution in [0, 0.1) is 25.7 Å². The van der Waals surface area contributed by atoms with Gasteiger partial charge in [0.1, 0.15) is 0 Å². The maximum Gasteiger partial charge on any atom is 0.227 e. The van der Waals surface area contributed by atoms with Crippen LogP contribution in [0.4, 0.5) is 5.69 Å². The number of hydrogen-bond donors (Lipinski definition) is 1. The van der Waals surface area contributed by atoms with Crippen molar-refractivity contribution < 1.29 is 9.59 Å². The van der Waals surface area contributed by atoms with Crippen LogP contribution in [-0.4, -0.2) is 35.3 Å². The van der Waals surface area contributed by atoms with Gasteiger partial charge in [-0.15, -0.1) is 0 Å². The molecule has 2 aromatic rings. The SMILES string of the molecule is Cc1cc(C)cc(NC(=O)C2CCC(C(=O)N(C)CCc3ccncc3)CC2)c1. The lowest BCUT2D eigenvalue weighted by Gasteiger charge is -2.30. The lowest BCUT2D eigenvalue weighted by atomic mass is 9.81. The summed E-state index contributed by atoms with van der Waals surface area (Å²) in [6, 6.07) is 10.1. The Morgan fingerprint density at radius 2 is 1.59 bits per heavy atom. The number of hydrogen-bond acceptors (Lipinski definition) is 3. The van der Waals surface area contributed by atoms with Crippen molar-refractivity contribution in [2.24, 2.45) is 11.8 Å². The van der Waals surface area contributed by atoms with Crippen LogP contribution in [0.15, 0.2) is 42.7 Å². The minimum absolute atomic E-state index is 0.0120. The van der Waals surface area contributed by atoms with Gasteiger partial charge in [-0.3, -0.25) is 14.6 Å². The van der Waals surface area contributed by atoms with Crippen molar-refractivity contribution in [3.63, 3.8) is 0 Å². The first-order chi connectivity index (χ1) is 13.9. The number of nitrogens with one attached hydrogen (secondary N) is 1. The van der Waals surface area contributed by atoms with Gasteiger partial charge in [0.25, 0.3) is 0 Å². The zero-order valence-electron chi connectivity index (χ0n) is 17.6. The third kappa shape index (κ3) is 5.89. The van der Waals surface area contributed by atoms with Gasteiger partial charge in [-0.2, -0.15) is 0 Å². The first kappa shape index (κ1) is 21.0. The zero-order valence-corrected chi connectivity index (χ0v) is 17.6. The normalized spacial score (nSPS) is 18.9. The Bertz CT molecular complexity index is 822. The lowest BCUT2D eigenvalue weighted by Crippen LogP contribution is -2.37. The molecule has 0 saturated heterocycles. The van der Waals surface area contributed by atoms with E-state index in [0.717, 1.165) is 48.9 Å². The first-order valence-corrected chi connectivity index (χ1v) is 10.5. The minimum atomic E-state index is -0.0120. The van der Waals surface area contributed by atoms with Gasteiger partial charge >= 0.3 is 0 Å².